The lowest BCUT2D eigenvalue weighted by Gasteiger charge is -2.02. The van der Waals surface area contributed by atoms with Crippen molar-refractivity contribution in [3.05, 3.63) is 35.4 Å². The molecule has 0 saturated heterocycles. The van der Waals surface area contributed by atoms with Crippen LogP contribution < -0.4 is 0 Å². The highest BCUT2D eigenvalue weighted by Gasteiger charge is 2.40. The van der Waals surface area contributed by atoms with Crippen LogP contribution in [0.1, 0.15) is 20.7 Å². The minimum Gasteiger partial charge on any atom is -0.293 e. The van der Waals surface area contributed by atoms with E-state index in [1.54, 1.807) is 12.1 Å². The second-order valence-electron chi connectivity index (χ2n) is 3.58. The maximum Gasteiger partial charge on any atom is 0.266 e. The largest absolute Gasteiger partial charge is 0.293 e. The highest BCUT2D eigenvalue weighted by molar-refractivity contribution is 7.85. The molecule has 0 radical (unpaired) electrons. The predicted molar refractivity (Wildman–Crippen MR) is 55.0 cm³/mol. The van der Waals surface area contributed by atoms with Crippen LogP contribution in [-0.2, 0) is 10.1 Å². The Labute approximate surface area is 91.8 Å². The molecule has 0 fully saturated rings. The van der Waals surface area contributed by atoms with E-state index >= 15 is 0 Å². The monoisotopic (exact) mass is 240 g/mol. The van der Waals surface area contributed by atoms with Gasteiger partial charge in [-0.2, -0.15) is 8.42 Å². The Hall–Kier alpha value is -1.53. The van der Waals surface area contributed by atoms with Crippen molar-refractivity contribution < 1.29 is 22.6 Å². The van der Waals surface area contributed by atoms with Gasteiger partial charge in [0.25, 0.3) is 10.1 Å². The Balaban J connectivity index is 2.43. The molecule has 0 saturated carbocycles. The first-order chi connectivity index (χ1) is 7.40. The second-order valence-corrected chi connectivity index (χ2v) is 5.07. The van der Waals surface area contributed by atoms with Crippen LogP contribution >= 0.6 is 0 Å². The smallest absolute Gasteiger partial charge is 0.266 e. The summed E-state index contributed by atoms with van der Waals surface area (Å²) in [6.45, 7) is 0. The van der Waals surface area contributed by atoms with Crippen molar-refractivity contribution in [2.75, 3.05) is 5.75 Å². The molecule has 2 rings (SSSR count). The molecule has 0 aromatic heterocycles. The van der Waals surface area contributed by atoms with Gasteiger partial charge in [-0.1, -0.05) is 24.3 Å². The molecule has 0 bridgehead atoms. The van der Waals surface area contributed by atoms with Gasteiger partial charge in [-0.3, -0.25) is 14.1 Å². The molecule has 0 spiro atoms. The third kappa shape index (κ3) is 1.77. The number of Topliss-reactive ketones (excluding diaryl/α,β-unsaturated/α-hetero) is 2. The third-order valence-corrected chi connectivity index (χ3v) is 3.22. The van der Waals surface area contributed by atoms with Gasteiger partial charge in [-0.25, -0.2) is 0 Å². The quantitative estimate of drug-likeness (QED) is 0.603. The molecule has 0 amide bonds. The summed E-state index contributed by atoms with van der Waals surface area (Å²) in [5.74, 6) is -3.23. The van der Waals surface area contributed by atoms with Crippen LogP contribution in [0.2, 0.25) is 0 Å². The standard InChI is InChI=1S/C10H8O5S/c11-9-6-3-1-2-4-7(6)10(12)8(9)5-16(13,14)15/h1-4,8H,5H2,(H,13,14,15). The molecule has 0 aliphatic heterocycles. The zero-order chi connectivity index (χ0) is 11.9. The van der Waals surface area contributed by atoms with E-state index in [0.717, 1.165) is 0 Å². The number of carbonyl (C=O) groups is 2. The van der Waals surface area contributed by atoms with Gasteiger partial charge in [-0.05, 0) is 0 Å². The van der Waals surface area contributed by atoms with Gasteiger partial charge in [0.2, 0.25) is 0 Å². The van der Waals surface area contributed by atoms with Crippen LogP contribution in [0.4, 0.5) is 0 Å². The van der Waals surface area contributed by atoms with Crippen molar-refractivity contribution in [1.29, 1.82) is 0 Å². The van der Waals surface area contributed by atoms with Crippen LogP contribution in [0, 0.1) is 5.92 Å². The molecule has 1 aliphatic carbocycles. The Morgan fingerprint density at radius 2 is 1.50 bits per heavy atom. The van der Waals surface area contributed by atoms with Crippen LogP contribution in [-0.4, -0.2) is 30.3 Å². The molecule has 0 atom stereocenters. The molecule has 0 heterocycles. The maximum absolute atomic E-state index is 11.7. The summed E-state index contributed by atoms with van der Waals surface area (Å²) >= 11 is 0. The summed E-state index contributed by atoms with van der Waals surface area (Å²) in [4.78, 5) is 23.4. The number of hydrogen-bond acceptors (Lipinski definition) is 4. The van der Waals surface area contributed by atoms with Crippen molar-refractivity contribution in [1.82, 2.24) is 0 Å². The summed E-state index contributed by atoms with van der Waals surface area (Å²) < 4.78 is 30.0. The summed E-state index contributed by atoms with van der Waals surface area (Å²) in [5.41, 5.74) is 0.447. The number of benzene rings is 1. The Morgan fingerprint density at radius 1 is 1.06 bits per heavy atom. The van der Waals surface area contributed by atoms with E-state index in [-0.39, 0.29) is 11.1 Å². The molecule has 84 valence electrons. The molecular weight excluding hydrogens is 232 g/mol. The van der Waals surface area contributed by atoms with E-state index in [9.17, 15) is 18.0 Å². The van der Waals surface area contributed by atoms with Gasteiger partial charge in [0.15, 0.2) is 11.6 Å². The van der Waals surface area contributed by atoms with Crippen molar-refractivity contribution in [3.63, 3.8) is 0 Å². The van der Waals surface area contributed by atoms with Gasteiger partial charge >= 0.3 is 0 Å². The fourth-order valence-corrected chi connectivity index (χ4v) is 2.49. The van der Waals surface area contributed by atoms with Crippen LogP contribution in [0.3, 0.4) is 0 Å². The van der Waals surface area contributed by atoms with Gasteiger partial charge in [0.1, 0.15) is 5.92 Å². The van der Waals surface area contributed by atoms with Gasteiger partial charge in [-0.15, -0.1) is 0 Å². The topological polar surface area (TPSA) is 88.5 Å². The van der Waals surface area contributed by atoms with Crippen molar-refractivity contribution >= 4 is 21.7 Å². The van der Waals surface area contributed by atoms with Crippen molar-refractivity contribution in [3.8, 4) is 0 Å². The SMILES string of the molecule is O=C1c2ccccc2C(=O)C1CS(=O)(=O)O. The summed E-state index contributed by atoms with van der Waals surface area (Å²) in [6, 6.07) is 6.14. The van der Waals surface area contributed by atoms with Crippen molar-refractivity contribution in [2.24, 2.45) is 5.92 Å². The van der Waals surface area contributed by atoms with Crippen LogP contribution in [0.5, 0.6) is 0 Å². The average molecular weight is 240 g/mol. The number of carbonyl (C=O) groups excluding carboxylic acids is 2. The number of fused-ring (bicyclic) bond motifs is 1. The number of rotatable bonds is 2. The fraction of sp³-hybridized carbons (Fsp3) is 0.200. The van der Waals surface area contributed by atoms with Gasteiger partial charge < -0.3 is 0 Å². The second kappa shape index (κ2) is 3.50. The lowest BCUT2D eigenvalue weighted by molar-refractivity contribution is 0.0852. The van der Waals surface area contributed by atoms with Crippen LogP contribution in [0.15, 0.2) is 24.3 Å². The van der Waals surface area contributed by atoms with E-state index in [2.05, 4.69) is 0 Å². The highest BCUT2D eigenvalue weighted by atomic mass is 32.2. The number of hydrogen-bond donors (Lipinski definition) is 1. The molecule has 1 aliphatic rings. The van der Waals surface area contributed by atoms with E-state index < -0.39 is 33.4 Å². The maximum atomic E-state index is 11.7. The zero-order valence-corrected chi connectivity index (χ0v) is 8.90. The Bertz CT molecular complexity index is 538. The van der Waals surface area contributed by atoms with E-state index in [4.69, 9.17) is 4.55 Å². The fourth-order valence-electron chi connectivity index (χ4n) is 1.77. The lowest BCUT2D eigenvalue weighted by Crippen LogP contribution is -2.24. The number of ketones is 2. The molecular formula is C10H8O5S. The third-order valence-electron chi connectivity index (χ3n) is 2.47. The minimum atomic E-state index is -4.33. The highest BCUT2D eigenvalue weighted by Crippen LogP contribution is 2.27. The van der Waals surface area contributed by atoms with Crippen molar-refractivity contribution in [2.45, 2.75) is 0 Å². The van der Waals surface area contributed by atoms with Gasteiger partial charge in [0, 0.05) is 11.1 Å². The minimum absolute atomic E-state index is 0.223. The molecule has 1 N–H and O–H groups in total. The molecule has 1 aromatic rings. The lowest BCUT2D eigenvalue weighted by atomic mass is 10.1. The first-order valence-corrected chi connectivity index (χ1v) is 6.13. The van der Waals surface area contributed by atoms with E-state index in [0.29, 0.717) is 0 Å². The zero-order valence-electron chi connectivity index (χ0n) is 8.08. The average Bonchev–Trinajstić information content (AvgIpc) is 2.43. The Kier molecular flexibility index (Phi) is 2.40. The summed E-state index contributed by atoms with van der Waals surface area (Å²) in [7, 11) is -4.33. The summed E-state index contributed by atoms with van der Waals surface area (Å²) in [6.07, 6.45) is 0. The predicted octanol–water partition coefficient (Wildman–Crippen LogP) is 0.570. The molecule has 0 unspecified atom stereocenters. The molecule has 16 heavy (non-hydrogen) atoms. The Morgan fingerprint density at radius 3 is 1.88 bits per heavy atom. The summed E-state index contributed by atoms with van der Waals surface area (Å²) in [5, 5.41) is 0. The normalized spacial score (nSPS) is 16.6. The molecule has 1 aromatic carbocycles. The van der Waals surface area contributed by atoms with Gasteiger partial charge in [0.05, 0.1) is 5.75 Å². The first-order valence-electron chi connectivity index (χ1n) is 4.53. The molecule has 6 heteroatoms. The van der Waals surface area contributed by atoms with Crippen LogP contribution in [0.25, 0.3) is 0 Å². The first kappa shape index (κ1) is 11.0. The van der Waals surface area contributed by atoms with E-state index in [1.807, 2.05) is 0 Å². The molecule has 5 nitrogen and oxygen atoms in total. The van der Waals surface area contributed by atoms with E-state index in [1.165, 1.54) is 12.1 Å².